The van der Waals surface area contributed by atoms with Gasteiger partial charge in [-0.1, -0.05) is 11.6 Å². The lowest BCUT2D eigenvalue weighted by Crippen LogP contribution is -2.36. The molecule has 0 spiro atoms. The number of nitrogen functional groups attached to an aromatic ring is 1. The van der Waals surface area contributed by atoms with Gasteiger partial charge in [-0.2, -0.15) is 5.10 Å². The Hall–Kier alpha value is -2.17. The topological polar surface area (TPSA) is 119 Å². The predicted octanol–water partition coefficient (Wildman–Crippen LogP) is 4.04. The minimum absolute atomic E-state index is 0.0751. The van der Waals surface area contributed by atoms with Crippen molar-refractivity contribution in [1.29, 1.82) is 0 Å². The molecular formula is C24H31ClFN5O3S. The molecule has 4 N–H and O–H groups in total. The third-order valence-corrected chi connectivity index (χ3v) is 10.7. The number of aryl methyl sites for hydroxylation is 1. The fraction of sp³-hybridized carbons (Fsp3) is 0.583. The van der Waals surface area contributed by atoms with Crippen molar-refractivity contribution in [1.82, 2.24) is 14.5 Å². The number of nitrogens with zero attached hydrogens (tertiary/aromatic N) is 2. The molecule has 3 aliphatic carbocycles. The summed E-state index contributed by atoms with van der Waals surface area (Å²) in [5, 5.41) is 7.27. The number of fused-ring (bicyclic) bond motifs is 1. The van der Waals surface area contributed by atoms with Crippen molar-refractivity contribution in [3.63, 3.8) is 0 Å². The predicted molar refractivity (Wildman–Crippen MR) is 133 cm³/mol. The highest BCUT2D eigenvalue weighted by atomic mass is 35.5. The van der Waals surface area contributed by atoms with Crippen molar-refractivity contribution in [2.45, 2.75) is 56.1 Å². The van der Waals surface area contributed by atoms with Crippen molar-refractivity contribution in [3.05, 3.63) is 40.3 Å². The number of carbonyl (C=O) groups excluding carboxylic acids is 1. The maximum Gasteiger partial charge on any atom is 0.261 e. The Morgan fingerprint density at radius 1 is 1.26 bits per heavy atom. The Balaban J connectivity index is 1.25. The second kappa shape index (κ2) is 8.74. The van der Waals surface area contributed by atoms with Gasteiger partial charge in [-0.05, 0) is 81.4 Å². The first-order valence-electron chi connectivity index (χ1n) is 12.1. The highest BCUT2D eigenvalue weighted by Gasteiger charge is 2.50. The van der Waals surface area contributed by atoms with Gasteiger partial charge in [-0.15, -0.1) is 0 Å². The highest BCUT2D eigenvalue weighted by Crippen LogP contribution is 2.53. The van der Waals surface area contributed by atoms with Gasteiger partial charge >= 0.3 is 0 Å². The SMILES string of the molecule is Cn1nc(C2CC3CC(CNS(=O)(=O)C4(C)CC4)CC3C2)c(C(=O)Nc2ccc(F)c(Cl)c2)c1N. The monoisotopic (exact) mass is 523 g/mol. The van der Waals surface area contributed by atoms with E-state index in [9.17, 15) is 17.6 Å². The highest BCUT2D eigenvalue weighted by molar-refractivity contribution is 7.91. The molecule has 3 fully saturated rings. The summed E-state index contributed by atoms with van der Waals surface area (Å²) in [5.74, 6) is 0.713. The summed E-state index contributed by atoms with van der Waals surface area (Å²) in [5.41, 5.74) is 7.64. The number of halogens is 2. The molecule has 2 unspecified atom stereocenters. The van der Waals surface area contributed by atoms with Crippen LogP contribution < -0.4 is 15.8 Å². The molecule has 2 aromatic rings. The van der Waals surface area contributed by atoms with Crippen LogP contribution in [-0.2, 0) is 17.1 Å². The fourth-order valence-electron chi connectivity index (χ4n) is 5.82. The number of nitrogens with one attached hydrogen (secondary N) is 2. The largest absolute Gasteiger partial charge is 0.383 e. The molecule has 1 heterocycles. The Labute approximate surface area is 209 Å². The van der Waals surface area contributed by atoms with Crippen molar-refractivity contribution in [2.24, 2.45) is 24.8 Å². The average molecular weight is 524 g/mol. The second-order valence-corrected chi connectivity index (χ2v) is 13.4. The summed E-state index contributed by atoms with van der Waals surface area (Å²) in [4.78, 5) is 13.1. The number of sulfonamides is 1. The van der Waals surface area contributed by atoms with E-state index in [1.807, 2.05) is 0 Å². The van der Waals surface area contributed by atoms with E-state index in [-0.39, 0.29) is 16.8 Å². The van der Waals surface area contributed by atoms with E-state index in [0.29, 0.717) is 41.2 Å². The van der Waals surface area contributed by atoms with Crippen molar-refractivity contribution >= 4 is 39.0 Å². The number of hydrogen-bond donors (Lipinski definition) is 3. The molecule has 3 saturated carbocycles. The number of rotatable bonds is 7. The number of hydrogen-bond acceptors (Lipinski definition) is 5. The minimum atomic E-state index is -3.25. The van der Waals surface area contributed by atoms with Crippen LogP contribution in [0.4, 0.5) is 15.9 Å². The molecule has 3 aliphatic rings. The van der Waals surface area contributed by atoms with Gasteiger partial charge in [0.15, 0.2) is 0 Å². The van der Waals surface area contributed by atoms with Crippen LogP contribution in [0.25, 0.3) is 0 Å². The Morgan fingerprint density at radius 3 is 2.51 bits per heavy atom. The molecule has 5 rings (SSSR count). The van der Waals surface area contributed by atoms with Gasteiger partial charge in [0.2, 0.25) is 10.0 Å². The van der Waals surface area contributed by atoms with Crippen LogP contribution in [0.2, 0.25) is 5.02 Å². The van der Waals surface area contributed by atoms with Crippen LogP contribution in [0.1, 0.15) is 67.4 Å². The molecule has 1 aromatic carbocycles. The molecule has 0 bridgehead atoms. The van der Waals surface area contributed by atoms with Crippen molar-refractivity contribution in [2.75, 3.05) is 17.6 Å². The Bertz CT molecular complexity index is 1260. The molecule has 8 nitrogen and oxygen atoms in total. The lowest BCUT2D eigenvalue weighted by molar-refractivity contribution is 0.102. The number of amides is 1. The molecular weight excluding hydrogens is 493 g/mol. The standard InChI is InChI=1S/C24H31ClFN5O3S/c1-24(5-6-24)35(33,34)28-12-13-7-14-9-16(10-15(14)8-13)21-20(22(27)31(2)30-21)23(32)29-17-3-4-19(26)18(25)11-17/h3-4,11,13-16,28H,5-10,12,27H2,1-2H3,(H,29,32). The number of aromatic nitrogens is 2. The van der Waals surface area contributed by atoms with E-state index >= 15 is 0 Å². The first-order valence-corrected chi connectivity index (χ1v) is 13.9. The molecule has 1 aromatic heterocycles. The zero-order chi connectivity index (χ0) is 25.1. The summed E-state index contributed by atoms with van der Waals surface area (Å²) < 4.78 is 42.2. The van der Waals surface area contributed by atoms with Gasteiger partial charge in [0, 0.05) is 25.2 Å². The summed E-state index contributed by atoms with van der Waals surface area (Å²) in [6.07, 6.45) is 5.20. The van der Waals surface area contributed by atoms with E-state index in [0.717, 1.165) is 38.5 Å². The lowest BCUT2D eigenvalue weighted by atomic mass is 9.93. The van der Waals surface area contributed by atoms with Gasteiger partial charge in [0.1, 0.15) is 17.2 Å². The van der Waals surface area contributed by atoms with E-state index in [2.05, 4.69) is 15.1 Å². The molecule has 11 heteroatoms. The average Bonchev–Trinajstić information content (AvgIpc) is 3.13. The zero-order valence-electron chi connectivity index (χ0n) is 19.9. The lowest BCUT2D eigenvalue weighted by Gasteiger charge is -2.17. The molecule has 2 atom stereocenters. The molecule has 35 heavy (non-hydrogen) atoms. The molecule has 0 saturated heterocycles. The van der Waals surface area contributed by atoms with E-state index in [1.54, 1.807) is 14.0 Å². The maximum atomic E-state index is 13.5. The minimum Gasteiger partial charge on any atom is -0.383 e. The van der Waals surface area contributed by atoms with Gasteiger partial charge in [0.25, 0.3) is 5.91 Å². The normalized spacial score (nSPS) is 27.1. The third kappa shape index (κ3) is 4.56. The van der Waals surface area contributed by atoms with Crippen molar-refractivity contribution < 1.29 is 17.6 Å². The number of anilines is 2. The number of carbonyl (C=O) groups is 1. The zero-order valence-corrected chi connectivity index (χ0v) is 21.4. The van der Waals surface area contributed by atoms with E-state index < -0.39 is 26.5 Å². The van der Waals surface area contributed by atoms with Crippen LogP contribution in [0.15, 0.2) is 18.2 Å². The van der Waals surface area contributed by atoms with Gasteiger partial charge < -0.3 is 11.1 Å². The molecule has 190 valence electrons. The number of benzene rings is 1. The van der Waals surface area contributed by atoms with Crippen LogP contribution >= 0.6 is 11.6 Å². The summed E-state index contributed by atoms with van der Waals surface area (Å²) >= 11 is 5.85. The van der Waals surface area contributed by atoms with Crippen molar-refractivity contribution in [3.8, 4) is 0 Å². The number of nitrogens with two attached hydrogens (primary N) is 1. The molecule has 0 aliphatic heterocycles. The van der Waals surface area contributed by atoms with Gasteiger partial charge in [0.05, 0.1) is 15.5 Å². The maximum absolute atomic E-state index is 13.5. The smallest absolute Gasteiger partial charge is 0.261 e. The fourth-order valence-corrected chi connectivity index (χ4v) is 7.45. The quantitative estimate of drug-likeness (QED) is 0.506. The molecule has 1 amide bonds. The summed E-state index contributed by atoms with van der Waals surface area (Å²) in [6, 6.07) is 4.01. The van der Waals surface area contributed by atoms with Gasteiger partial charge in [-0.3, -0.25) is 9.48 Å². The third-order valence-electron chi connectivity index (χ3n) is 8.19. The van der Waals surface area contributed by atoms with Crippen LogP contribution in [0.3, 0.4) is 0 Å². The van der Waals surface area contributed by atoms with E-state index in [1.165, 1.54) is 22.9 Å². The Morgan fingerprint density at radius 2 is 1.91 bits per heavy atom. The van der Waals surface area contributed by atoms with Crippen LogP contribution in [0, 0.1) is 23.6 Å². The van der Waals surface area contributed by atoms with Crippen LogP contribution in [-0.4, -0.2) is 35.4 Å². The first kappa shape index (κ1) is 24.5. The van der Waals surface area contributed by atoms with Gasteiger partial charge in [-0.25, -0.2) is 17.5 Å². The Kier molecular flexibility index (Phi) is 6.12. The van der Waals surface area contributed by atoms with E-state index in [4.69, 9.17) is 17.3 Å². The first-order chi connectivity index (χ1) is 16.5. The summed E-state index contributed by atoms with van der Waals surface area (Å²) in [6.45, 7) is 2.31. The van der Waals surface area contributed by atoms with Crippen LogP contribution in [0.5, 0.6) is 0 Å². The second-order valence-electron chi connectivity index (χ2n) is 10.7. The summed E-state index contributed by atoms with van der Waals surface area (Å²) in [7, 11) is -1.54. The molecule has 0 radical (unpaired) electrons.